The number of nitro benzene ring substituents is 2. The maximum absolute atomic E-state index is 13.9. The highest BCUT2D eigenvalue weighted by atomic mass is 16.6. The van der Waals surface area contributed by atoms with E-state index >= 15 is 0 Å². The van der Waals surface area contributed by atoms with Gasteiger partial charge in [-0.1, -0.05) is 49.7 Å². The van der Waals surface area contributed by atoms with Crippen molar-refractivity contribution >= 4 is 34.0 Å². The monoisotopic (exact) mass is 568 g/mol. The third-order valence-corrected chi connectivity index (χ3v) is 8.17. The minimum absolute atomic E-state index is 0.0704. The molecule has 1 atom stereocenters. The summed E-state index contributed by atoms with van der Waals surface area (Å²) in [6.07, 6.45) is 5.03. The molecule has 0 spiro atoms. The molecule has 0 N–H and O–H groups in total. The van der Waals surface area contributed by atoms with Crippen LogP contribution in [0, 0.1) is 34.1 Å². The van der Waals surface area contributed by atoms with Crippen molar-refractivity contribution in [3.05, 3.63) is 114 Å². The summed E-state index contributed by atoms with van der Waals surface area (Å²) >= 11 is 0. The first kappa shape index (κ1) is 28.7. The molecule has 2 heterocycles. The number of benzene rings is 3. The minimum atomic E-state index is -0.799. The fourth-order valence-corrected chi connectivity index (χ4v) is 5.91. The van der Waals surface area contributed by atoms with Crippen molar-refractivity contribution in [3.63, 3.8) is 0 Å². The van der Waals surface area contributed by atoms with Crippen molar-refractivity contribution in [2.24, 2.45) is 0 Å². The first-order chi connectivity index (χ1) is 20.1. The quantitative estimate of drug-likeness (QED) is 0.125. The number of amides is 1. The summed E-state index contributed by atoms with van der Waals surface area (Å²) in [6.45, 7) is 6.95. The van der Waals surface area contributed by atoms with Gasteiger partial charge in [-0.3, -0.25) is 29.8 Å². The molecule has 1 aliphatic heterocycles. The number of nitrogens with zero attached hydrogens (tertiary/aromatic N) is 4. The number of nitro groups is 2. The normalized spacial score (nSPS) is 14.8. The van der Waals surface area contributed by atoms with Gasteiger partial charge in [0.2, 0.25) is 5.78 Å². The Kier molecular flexibility index (Phi) is 7.89. The molecule has 1 unspecified atom stereocenters. The van der Waals surface area contributed by atoms with Crippen molar-refractivity contribution in [1.29, 1.82) is 0 Å². The van der Waals surface area contributed by atoms with E-state index in [1.807, 2.05) is 12.1 Å². The summed E-state index contributed by atoms with van der Waals surface area (Å²) < 4.78 is 2.26. The second-order valence-corrected chi connectivity index (χ2v) is 10.9. The van der Waals surface area contributed by atoms with E-state index in [0.29, 0.717) is 18.7 Å². The average molecular weight is 569 g/mol. The van der Waals surface area contributed by atoms with E-state index in [0.717, 1.165) is 48.3 Å². The molecule has 42 heavy (non-hydrogen) atoms. The lowest BCUT2D eigenvalue weighted by atomic mass is 9.92. The van der Waals surface area contributed by atoms with Crippen molar-refractivity contribution in [2.45, 2.75) is 52.5 Å². The van der Waals surface area contributed by atoms with Crippen LogP contribution < -0.4 is 0 Å². The Bertz CT molecular complexity index is 1740. The molecular weight excluding hydrogens is 536 g/mol. The van der Waals surface area contributed by atoms with Crippen LogP contribution in [-0.4, -0.2) is 44.1 Å². The van der Waals surface area contributed by atoms with Gasteiger partial charge in [0, 0.05) is 65.4 Å². The molecule has 10 heteroatoms. The second-order valence-electron chi connectivity index (χ2n) is 10.9. The van der Waals surface area contributed by atoms with Crippen molar-refractivity contribution in [3.8, 4) is 0 Å². The molecule has 216 valence electrons. The fraction of sp³-hybridized carbons (Fsp3) is 0.312. The summed E-state index contributed by atoms with van der Waals surface area (Å²) in [5.74, 6) is -1.20. The maximum Gasteiger partial charge on any atom is 0.284 e. The van der Waals surface area contributed by atoms with E-state index in [9.17, 15) is 29.8 Å². The standard InChI is InChI=1S/C32H32N4O6/c1-4-5-15-33-19-26(24-8-6-7-9-27(24)33)23-14-16-34(18-23)32(38)25-13-11-21(3)30(36(41)42)29(25)31(37)22-12-10-20(2)28(17-22)35(39)40/h6-13,17,19,23H,4-5,14-16,18H2,1-3H3. The Morgan fingerprint density at radius 2 is 1.71 bits per heavy atom. The molecule has 1 amide bonds. The number of hydrogen-bond donors (Lipinski definition) is 0. The summed E-state index contributed by atoms with van der Waals surface area (Å²) in [4.78, 5) is 51.8. The molecule has 0 radical (unpaired) electrons. The zero-order valence-electron chi connectivity index (χ0n) is 23.8. The molecule has 0 aliphatic carbocycles. The molecule has 4 aromatic rings. The van der Waals surface area contributed by atoms with Crippen LogP contribution in [0.5, 0.6) is 0 Å². The zero-order chi connectivity index (χ0) is 30.1. The lowest BCUT2D eigenvalue weighted by Gasteiger charge is -2.19. The van der Waals surface area contributed by atoms with Gasteiger partial charge in [-0.15, -0.1) is 0 Å². The lowest BCUT2D eigenvalue weighted by molar-refractivity contribution is -0.385. The highest BCUT2D eigenvalue weighted by Crippen LogP contribution is 2.36. The highest BCUT2D eigenvalue weighted by Gasteiger charge is 2.36. The molecule has 1 saturated heterocycles. The van der Waals surface area contributed by atoms with Gasteiger partial charge < -0.3 is 9.47 Å². The van der Waals surface area contributed by atoms with Crippen LogP contribution in [0.2, 0.25) is 0 Å². The molecular formula is C32H32N4O6. The number of aryl methyl sites for hydroxylation is 3. The molecule has 0 bridgehead atoms. The number of carbonyl (C=O) groups is 2. The van der Waals surface area contributed by atoms with E-state index in [2.05, 4.69) is 29.8 Å². The zero-order valence-corrected chi connectivity index (χ0v) is 23.8. The third kappa shape index (κ3) is 5.15. The van der Waals surface area contributed by atoms with Crippen LogP contribution in [0.1, 0.15) is 75.1 Å². The molecule has 3 aromatic carbocycles. The Hall–Kier alpha value is -4.86. The van der Waals surface area contributed by atoms with Gasteiger partial charge in [0.25, 0.3) is 17.3 Å². The van der Waals surface area contributed by atoms with Crippen molar-refractivity contribution < 1.29 is 19.4 Å². The maximum atomic E-state index is 13.9. The Labute approximate surface area is 242 Å². The molecule has 10 nitrogen and oxygen atoms in total. The number of likely N-dealkylation sites (tertiary alicyclic amines) is 1. The lowest BCUT2D eigenvalue weighted by Crippen LogP contribution is -2.30. The van der Waals surface area contributed by atoms with Gasteiger partial charge in [0.15, 0.2) is 0 Å². The second kappa shape index (κ2) is 11.6. The molecule has 1 aromatic heterocycles. The minimum Gasteiger partial charge on any atom is -0.347 e. The molecule has 1 aliphatic rings. The van der Waals surface area contributed by atoms with Crippen LogP contribution in [0.15, 0.2) is 60.8 Å². The summed E-state index contributed by atoms with van der Waals surface area (Å²) in [5.41, 5.74) is 1.64. The van der Waals surface area contributed by atoms with Crippen LogP contribution in [0.3, 0.4) is 0 Å². The van der Waals surface area contributed by atoms with Crippen LogP contribution in [0.25, 0.3) is 10.9 Å². The SMILES string of the molecule is CCCCn1cc(C2CCN(C(=O)c3ccc(C)c([N+](=O)[O-])c3C(=O)c3ccc(C)c([N+](=O)[O-])c3)C2)c2ccccc21. The van der Waals surface area contributed by atoms with Crippen LogP contribution >= 0.6 is 0 Å². The van der Waals surface area contributed by atoms with Gasteiger partial charge in [-0.05, 0) is 44.4 Å². The van der Waals surface area contributed by atoms with Gasteiger partial charge in [-0.2, -0.15) is 0 Å². The predicted molar refractivity (Wildman–Crippen MR) is 159 cm³/mol. The highest BCUT2D eigenvalue weighted by molar-refractivity contribution is 6.18. The smallest absolute Gasteiger partial charge is 0.284 e. The van der Waals surface area contributed by atoms with E-state index in [4.69, 9.17) is 0 Å². The molecule has 0 saturated carbocycles. The number of fused-ring (bicyclic) bond motifs is 1. The summed E-state index contributed by atoms with van der Waals surface area (Å²) in [7, 11) is 0. The Balaban J connectivity index is 1.51. The predicted octanol–water partition coefficient (Wildman–Crippen LogP) is 6.74. The number of carbonyl (C=O) groups excluding carboxylic acids is 2. The van der Waals surface area contributed by atoms with Crippen LogP contribution in [-0.2, 0) is 6.54 Å². The fourth-order valence-electron chi connectivity index (χ4n) is 5.91. The van der Waals surface area contributed by atoms with Crippen molar-refractivity contribution in [2.75, 3.05) is 13.1 Å². The first-order valence-corrected chi connectivity index (χ1v) is 14.1. The topological polar surface area (TPSA) is 129 Å². The van der Waals surface area contributed by atoms with E-state index in [1.165, 1.54) is 31.2 Å². The largest absolute Gasteiger partial charge is 0.347 e. The first-order valence-electron chi connectivity index (χ1n) is 14.1. The summed E-state index contributed by atoms with van der Waals surface area (Å²) in [6, 6.07) is 15.1. The van der Waals surface area contributed by atoms with Gasteiger partial charge in [0.1, 0.15) is 5.56 Å². The van der Waals surface area contributed by atoms with Gasteiger partial charge >= 0.3 is 0 Å². The Morgan fingerprint density at radius 1 is 0.976 bits per heavy atom. The number of hydrogen-bond acceptors (Lipinski definition) is 6. The van der Waals surface area contributed by atoms with E-state index in [1.54, 1.807) is 11.8 Å². The number of aromatic nitrogens is 1. The van der Waals surface area contributed by atoms with Crippen LogP contribution in [0.4, 0.5) is 11.4 Å². The van der Waals surface area contributed by atoms with E-state index < -0.39 is 27.2 Å². The van der Waals surface area contributed by atoms with Gasteiger partial charge in [-0.25, -0.2) is 0 Å². The van der Waals surface area contributed by atoms with E-state index in [-0.39, 0.29) is 33.9 Å². The van der Waals surface area contributed by atoms with Crippen molar-refractivity contribution in [1.82, 2.24) is 9.47 Å². The number of unbranched alkanes of at least 4 members (excludes halogenated alkanes) is 1. The third-order valence-electron chi connectivity index (χ3n) is 8.17. The number of ketones is 1. The Morgan fingerprint density at radius 3 is 2.43 bits per heavy atom. The molecule has 5 rings (SSSR count). The average Bonchev–Trinajstić information content (AvgIpc) is 3.60. The molecule has 1 fully saturated rings. The number of para-hydroxylation sites is 1. The van der Waals surface area contributed by atoms with Gasteiger partial charge in [0.05, 0.1) is 15.4 Å². The number of rotatable bonds is 9. The summed E-state index contributed by atoms with van der Waals surface area (Å²) in [5, 5.41) is 24.8.